The molecule has 1 aliphatic carbocycles. The minimum atomic E-state index is -0.0000282. The fraction of sp³-hybridized carbons (Fsp3) is 0.222. The third kappa shape index (κ3) is 1.99. The monoisotopic (exact) mass is 291 g/mol. The molecule has 4 rings (SSSR count). The zero-order valence-electron chi connectivity index (χ0n) is 12.5. The van der Waals surface area contributed by atoms with E-state index in [-0.39, 0.29) is 5.56 Å². The van der Waals surface area contributed by atoms with E-state index in [0.717, 1.165) is 41.8 Å². The summed E-state index contributed by atoms with van der Waals surface area (Å²) in [6.45, 7) is 2.69. The molecule has 0 aliphatic heterocycles. The Kier molecular flexibility index (Phi) is 2.96. The summed E-state index contributed by atoms with van der Waals surface area (Å²) < 4.78 is 3.81. The van der Waals surface area contributed by atoms with E-state index in [0.29, 0.717) is 0 Å². The number of imidazole rings is 1. The van der Waals surface area contributed by atoms with Gasteiger partial charge in [-0.1, -0.05) is 35.9 Å². The largest absolute Gasteiger partial charge is 0.307 e. The van der Waals surface area contributed by atoms with Crippen LogP contribution in [0.3, 0.4) is 0 Å². The Morgan fingerprint density at radius 1 is 1.27 bits per heavy atom. The first-order valence-electron chi connectivity index (χ1n) is 7.56. The van der Waals surface area contributed by atoms with E-state index in [2.05, 4.69) is 27.8 Å². The van der Waals surface area contributed by atoms with Crippen molar-refractivity contribution in [1.82, 2.24) is 14.0 Å². The fourth-order valence-corrected chi connectivity index (χ4v) is 3.10. The maximum absolute atomic E-state index is 12.6. The summed E-state index contributed by atoms with van der Waals surface area (Å²) in [7, 11) is 0. The number of allylic oxidation sites excluding steroid dienone is 4. The van der Waals surface area contributed by atoms with Crippen LogP contribution in [-0.4, -0.2) is 14.0 Å². The molecule has 0 atom stereocenters. The molecule has 4 nitrogen and oxygen atoms in total. The zero-order valence-corrected chi connectivity index (χ0v) is 12.5. The molecule has 110 valence electrons. The molecule has 1 aliphatic rings. The van der Waals surface area contributed by atoms with Crippen LogP contribution in [-0.2, 0) is 6.54 Å². The van der Waals surface area contributed by atoms with Crippen molar-refractivity contribution in [2.75, 3.05) is 0 Å². The van der Waals surface area contributed by atoms with Crippen LogP contribution in [0.4, 0.5) is 0 Å². The molecule has 0 unspecified atom stereocenters. The molecule has 0 amide bonds. The third-order valence-electron chi connectivity index (χ3n) is 4.15. The van der Waals surface area contributed by atoms with Crippen LogP contribution in [0.1, 0.15) is 18.5 Å². The lowest BCUT2D eigenvalue weighted by molar-refractivity contribution is 0.754. The van der Waals surface area contributed by atoms with Crippen molar-refractivity contribution < 1.29 is 0 Å². The van der Waals surface area contributed by atoms with Crippen molar-refractivity contribution >= 4 is 16.7 Å². The van der Waals surface area contributed by atoms with Crippen LogP contribution in [0.2, 0.25) is 0 Å². The van der Waals surface area contributed by atoms with Gasteiger partial charge in [-0.3, -0.25) is 9.20 Å². The van der Waals surface area contributed by atoms with Gasteiger partial charge < -0.3 is 4.57 Å². The zero-order chi connectivity index (χ0) is 15.1. The summed E-state index contributed by atoms with van der Waals surface area (Å²) >= 11 is 0. The first kappa shape index (κ1) is 13.1. The summed E-state index contributed by atoms with van der Waals surface area (Å²) in [5.74, 6) is 0.719. The van der Waals surface area contributed by atoms with Crippen LogP contribution >= 0.6 is 0 Å². The van der Waals surface area contributed by atoms with Gasteiger partial charge in [0.1, 0.15) is 0 Å². The highest BCUT2D eigenvalue weighted by molar-refractivity contribution is 5.80. The minimum absolute atomic E-state index is 0.0000282. The van der Waals surface area contributed by atoms with Crippen molar-refractivity contribution in [3.8, 4) is 0 Å². The molecule has 0 radical (unpaired) electrons. The number of aryl methyl sites for hydroxylation is 1. The van der Waals surface area contributed by atoms with Gasteiger partial charge in [-0.2, -0.15) is 0 Å². The highest BCUT2D eigenvalue weighted by Crippen LogP contribution is 2.19. The van der Waals surface area contributed by atoms with E-state index in [1.54, 1.807) is 4.40 Å². The first-order chi connectivity index (χ1) is 10.7. The number of para-hydroxylation sites is 1. The molecular weight excluding hydrogens is 274 g/mol. The number of aromatic nitrogens is 3. The average Bonchev–Trinajstić information content (AvgIpc) is 2.94. The van der Waals surface area contributed by atoms with E-state index in [1.807, 2.05) is 37.4 Å². The molecule has 1 aromatic carbocycles. The highest BCUT2D eigenvalue weighted by atomic mass is 16.1. The summed E-state index contributed by atoms with van der Waals surface area (Å²) in [5, 5.41) is 0.736. The quantitative estimate of drug-likeness (QED) is 0.727. The molecule has 2 aromatic heterocycles. The van der Waals surface area contributed by atoms with Gasteiger partial charge >= 0.3 is 0 Å². The van der Waals surface area contributed by atoms with Gasteiger partial charge in [-0.15, -0.1) is 0 Å². The average molecular weight is 291 g/mol. The fourth-order valence-electron chi connectivity index (χ4n) is 3.10. The maximum Gasteiger partial charge on any atom is 0.266 e. The number of rotatable bonds is 2. The van der Waals surface area contributed by atoms with E-state index < -0.39 is 0 Å². The Morgan fingerprint density at radius 2 is 2.14 bits per heavy atom. The molecule has 0 bridgehead atoms. The van der Waals surface area contributed by atoms with Crippen molar-refractivity contribution in [3.05, 3.63) is 70.3 Å². The van der Waals surface area contributed by atoms with Crippen LogP contribution < -0.4 is 5.56 Å². The molecule has 2 heterocycles. The van der Waals surface area contributed by atoms with Crippen molar-refractivity contribution in [3.63, 3.8) is 0 Å². The Morgan fingerprint density at radius 3 is 2.95 bits per heavy atom. The second kappa shape index (κ2) is 4.98. The van der Waals surface area contributed by atoms with Crippen LogP contribution in [0.25, 0.3) is 16.7 Å². The SMILES string of the molecule is Cc1cn2c(=O)c3ccccc3n(CC3=CC=CCC3)c2n1. The van der Waals surface area contributed by atoms with Crippen LogP contribution in [0, 0.1) is 6.92 Å². The number of hydrogen-bond donors (Lipinski definition) is 0. The van der Waals surface area contributed by atoms with Crippen molar-refractivity contribution in [2.24, 2.45) is 0 Å². The van der Waals surface area contributed by atoms with E-state index >= 15 is 0 Å². The van der Waals surface area contributed by atoms with Gasteiger partial charge in [-0.25, -0.2) is 4.98 Å². The first-order valence-corrected chi connectivity index (χ1v) is 7.56. The molecule has 0 N–H and O–H groups in total. The number of benzene rings is 1. The standard InChI is InChI=1S/C18H17N3O/c1-13-11-21-17(22)15-9-5-6-10-16(15)20(18(21)19-13)12-14-7-3-2-4-8-14/h2-3,5-7,9-11H,4,8,12H2,1H3. The third-order valence-corrected chi connectivity index (χ3v) is 4.15. The normalized spacial score (nSPS) is 14.7. The van der Waals surface area contributed by atoms with Gasteiger partial charge in [0, 0.05) is 12.7 Å². The second-order valence-electron chi connectivity index (χ2n) is 5.75. The van der Waals surface area contributed by atoms with E-state index in [1.165, 1.54) is 5.57 Å². The second-order valence-corrected chi connectivity index (χ2v) is 5.75. The minimum Gasteiger partial charge on any atom is -0.307 e. The number of hydrogen-bond acceptors (Lipinski definition) is 2. The van der Waals surface area contributed by atoms with Gasteiger partial charge in [0.05, 0.1) is 16.6 Å². The molecule has 0 spiro atoms. The predicted octanol–water partition coefficient (Wildman–Crippen LogP) is 3.23. The van der Waals surface area contributed by atoms with E-state index in [9.17, 15) is 4.79 Å². The van der Waals surface area contributed by atoms with Crippen molar-refractivity contribution in [2.45, 2.75) is 26.3 Å². The van der Waals surface area contributed by atoms with E-state index in [4.69, 9.17) is 0 Å². The summed E-state index contributed by atoms with van der Waals surface area (Å²) in [6.07, 6.45) is 10.4. The summed E-state index contributed by atoms with van der Waals surface area (Å²) in [5.41, 5.74) is 3.17. The molecule has 4 heteroatoms. The van der Waals surface area contributed by atoms with Gasteiger partial charge in [-0.05, 0) is 31.9 Å². The lowest BCUT2D eigenvalue weighted by atomic mass is 10.1. The lowest BCUT2D eigenvalue weighted by Crippen LogP contribution is -2.19. The Bertz CT molecular complexity index is 989. The lowest BCUT2D eigenvalue weighted by Gasteiger charge is -2.15. The maximum atomic E-state index is 12.6. The van der Waals surface area contributed by atoms with Crippen LogP contribution in [0.5, 0.6) is 0 Å². The molecule has 22 heavy (non-hydrogen) atoms. The van der Waals surface area contributed by atoms with Crippen LogP contribution in [0.15, 0.2) is 59.1 Å². The molecule has 0 fully saturated rings. The summed E-state index contributed by atoms with van der Waals surface area (Å²) in [4.78, 5) is 17.2. The molecular formula is C18H17N3O. The Labute approximate surface area is 128 Å². The number of nitrogens with zero attached hydrogens (tertiary/aromatic N) is 3. The smallest absolute Gasteiger partial charge is 0.266 e. The Balaban J connectivity index is 2.04. The molecule has 0 saturated carbocycles. The van der Waals surface area contributed by atoms with Gasteiger partial charge in [0.25, 0.3) is 5.56 Å². The Hall–Kier alpha value is -2.62. The van der Waals surface area contributed by atoms with Gasteiger partial charge in [0.2, 0.25) is 5.78 Å². The summed E-state index contributed by atoms with van der Waals surface area (Å²) in [6, 6.07) is 7.77. The highest BCUT2D eigenvalue weighted by Gasteiger charge is 2.13. The van der Waals surface area contributed by atoms with Crippen molar-refractivity contribution in [1.29, 1.82) is 0 Å². The predicted molar refractivity (Wildman–Crippen MR) is 88.2 cm³/mol. The molecule has 0 saturated heterocycles. The topological polar surface area (TPSA) is 39.3 Å². The number of fused-ring (bicyclic) bond motifs is 2. The molecule has 3 aromatic rings. The van der Waals surface area contributed by atoms with Gasteiger partial charge in [0.15, 0.2) is 0 Å².